The number of aryl methyl sites for hydroxylation is 1. The van der Waals surface area contributed by atoms with Crippen LogP contribution in [-0.4, -0.2) is 48.1 Å². The fraction of sp³-hybridized carbons (Fsp3) is 0.208. The van der Waals surface area contributed by atoms with Gasteiger partial charge in [0.05, 0.1) is 20.0 Å². The van der Waals surface area contributed by atoms with Gasteiger partial charge in [-0.25, -0.2) is 8.42 Å². The highest BCUT2D eigenvalue weighted by Crippen LogP contribution is 2.31. The standard InChI is InChI=1S/C24H26ClN5O4S/c1-5-8-21(34-4)22(17(2)33-3)30-23(20-9-6-7-15-26-20)27-28-24(30)29-35(31,32)16-14-18-10-12-19(25)13-11-18/h5-13,15H,1,14,16H2,2-4H3,(H,28,29)/b21-8+,22-17-. The first-order valence-corrected chi connectivity index (χ1v) is 12.6. The molecule has 3 aromatic rings. The van der Waals surface area contributed by atoms with Crippen LogP contribution in [0.25, 0.3) is 17.2 Å². The number of anilines is 1. The molecule has 0 unspecified atom stereocenters. The molecule has 1 aromatic carbocycles. The van der Waals surface area contributed by atoms with E-state index in [9.17, 15) is 8.42 Å². The number of nitrogens with one attached hydrogen (secondary N) is 1. The summed E-state index contributed by atoms with van der Waals surface area (Å²) in [5.41, 5.74) is 1.69. The van der Waals surface area contributed by atoms with Gasteiger partial charge in [-0.3, -0.25) is 14.3 Å². The van der Waals surface area contributed by atoms with E-state index in [0.29, 0.717) is 33.8 Å². The summed E-state index contributed by atoms with van der Waals surface area (Å²) in [7, 11) is -0.833. The van der Waals surface area contributed by atoms with Gasteiger partial charge in [0.25, 0.3) is 0 Å². The van der Waals surface area contributed by atoms with Crippen molar-refractivity contribution in [2.24, 2.45) is 0 Å². The Labute approximate surface area is 209 Å². The van der Waals surface area contributed by atoms with Crippen molar-refractivity contribution < 1.29 is 17.9 Å². The molecule has 11 heteroatoms. The molecule has 0 spiro atoms. The molecule has 1 N–H and O–H groups in total. The highest BCUT2D eigenvalue weighted by molar-refractivity contribution is 7.92. The number of pyridine rings is 1. The van der Waals surface area contributed by atoms with Crippen LogP contribution in [-0.2, 0) is 25.9 Å². The molecule has 0 fully saturated rings. The Morgan fingerprint density at radius 3 is 2.49 bits per heavy atom. The Hall–Kier alpha value is -3.63. The summed E-state index contributed by atoms with van der Waals surface area (Å²) in [5, 5.41) is 8.93. The first-order valence-electron chi connectivity index (χ1n) is 10.5. The van der Waals surface area contributed by atoms with Crippen molar-refractivity contribution in [3.8, 4) is 11.5 Å². The smallest absolute Gasteiger partial charge is 0.243 e. The van der Waals surface area contributed by atoms with E-state index in [1.54, 1.807) is 67.7 Å². The van der Waals surface area contributed by atoms with E-state index in [0.717, 1.165) is 5.56 Å². The maximum atomic E-state index is 13.0. The average Bonchev–Trinajstić information content (AvgIpc) is 3.25. The van der Waals surface area contributed by atoms with E-state index in [2.05, 4.69) is 26.5 Å². The molecule has 0 aliphatic heterocycles. The monoisotopic (exact) mass is 515 g/mol. The molecule has 0 saturated carbocycles. The number of hydrogen-bond donors (Lipinski definition) is 1. The van der Waals surface area contributed by atoms with Gasteiger partial charge in [0.15, 0.2) is 5.82 Å². The Morgan fingerprint density at radius 2 is 1.89 bits per heavy atom. The Kier molecular flexibility index (Phi) is 8.67. The number of methoxy groups -OCH3 is 2. The molecule has 9 nitrogen and oxygen atoms in total. The van der Waals surface area contributed by atoms with Crippen LogP contribution in [0.2, 0.25) is 5.02 Å². The molecular formula is C24H26ClN5O4S. The number of ether oxygens (including phenoxy) is 2. The van der Waals surface area contributed by atoms with E-state index >= 15 is 0 Å². The lowest BCUT2D eigenvalue weighted by atomic mass is 10.2. The van der Waals surface area contributed by atoms with E-state index in [1.165, 1.54) is 18.8 Å². The molecule has 3 rings (SSSR count). The third kappa shape index (κ3) is 6.49. The summed E-state index contributed by atoms with van der Waals surface area (Å²) in [6.45, 7) is 5.44. The minimum atomic E-state index is -3.82. The molecule has 0 aliphatic carbocycles. The second kappa shape index (κ2) is 11.7. The van der Waals surface area contributed by atoms with Crippen LogP contribution < -0.4 is 4.72 Å². The first-order chi connectivity index (χ1) is 16.8. The topological polar surface area (TPSA) is 108 Å². The third-order valence-corrected chi connectivity index (χ3v) is 6.45. The van der Waals surface area contributed by atoms with Crippen LogP contribution in [0.1, 0.15) is 12.5 Å². The zero-order valence-electron chi connectivity index (χ0n) is 19.6. The van der Waals surface area contributed by atoms with E-state index < -0.39 is 10.0 Å². The molecule has 35 heavy (non-hydrogen) atoms. The number of aromatic nitrogens is 4. The molecule has 0 radical (unpaired) electrons. The van der Waals surface area contributed by atoms with Crippen molar-refractivity contribution in [1.82, 2.24) is 19.7 Å². The maximum absolute atomic E-state index is 13.0. The second-order valence-electron chi connectivity index (χ2n) is 7.27. The normalized spacial score (nSPS) is 12.6. The Bertz CT molecular complexity index is 1330. The zero-order chi connectivity index (χ0) is 25.4. The molecule has 0 bridgehead atoms. The number of sulfonamides is 1. The molecule has 2 heterocycles. The van der Waals surface area contributed by atoms with Crippen LogP contribution in [0, 0.1) is 0 Å². The lowest BCUT2D eigenvalue weighted by Gasteiger charge is -2.19. The van der Waals surface area contributed by atoms with Gasteiger partial charge in [0.1, 0.15) is 22.9 Å². The Balaban J connectivity index is 2.08. The summed E-state index contributed by atoms with van der Waals surface area (Å²) in [6.07, 6.45) is 5.06. The van der Waals surface area contributed by atoms with Crippen molar-refractivity contribution in [1.29, 1.82) is 0 Å². The van der Waals surface area contributed by atoms with E-state index in [1.807, 2.05) is 0 Å². The summed E-state index contributed by atoms with van der Waals surface area (Å²) in [6, 6.07) is 12.3. The van der Waals surface area contributed by atoms with Gasteiger partial charge in [-0.1, -0.05) is 42.5 Å². The number of rotatable bonds is 11. The molecule has 184 valence electrons. The van der Waals surface area contributed by atoms with E-state index in [-0.39, 0.29) is 18.1 Å². The lowest BCUT2D eigenvalue weighted by molar-refractivity contribution is 0.278. The SMILES string of the molecule is C=C/C=C(OC)\C(=C(/C)OC)n1c(NS(=O)(=O)CCc2ccc(Cl)cc2)nnc1-c1ccccn1. The number of halogens is 1. The van der Waals surface area contributed by atoms with Gasteiger partial charge in [-0.05, 0) is 49.2 Å². The highest BCUT2D eigenvalue weighted by Gasteiger charge is 2.26. The van der Waals surface area contributed by atoms with Crippen LogP contribution in [0.4, 0.5) is 5.95 Å². The van der Waals surface area contributed by atoms with Crippen molar-refractivity contribution in [2.75, 3.05) is 24.7 Å². The number of benzene rings is 1. The fourth-order valence-corrected chi connectivity index (χ4v) is 4.35. The minimum Gasteiger partial charge on any atom is -0.499 e. The largest absolute Gasteiger partial charge is 0.499 e. The lowest BCUT2D eigenvalue weighted by Crippen LogP contribution is -2.21. The van der Waals surface area contributed by atoms with Gasteiger partial charge in [-0.15, -0.1) is 10.2 Å². The highest BCUT2D eigenvalue weighted by atomic mass is 35.5. The summed E-state index contributed by atoms with van der Waals surface area (Å²) in [4.78, 5) is 4.35. The van der Waals surface area contributed by atoms with Gasteiger partial charge in [0, 0.05) is 11.2 Å². The van der Waals surface area contributed by atoms with Gasteiger partial charge >= 0.3 is 0 Å². The molecule has 0 saturated heterocycles. The predicted molar refractivity (Wildman–Crippen MR) is 137 cm³/mol. The summed E-state index contributed by atoms with van der Waals surface area (Å²) in [5.74, 6) is 0.860. The molecular weight excluding hydrogens is 490 g/mol. The third-order valence-electron chi connectivity index (χ3n) is 4.96. The number of allylic oxidation sites excluding steroid dienone is 4. The fourth-order valence-electron chi connectivity index (χ4n) is 3.21. The van der Waals surface area contributed by atoms with Crippen LogP contribution in [0.3, 0.4) is 0 Å². The summed E-state index contributed by atoms with van der Waals surface area (Å²) < 4.78 is 41.1. The van der Waals surface area contributed by atoms with Gasteiger partial charge in [-0.2, -0.15) is 0 Å². The van der Waals surface area contributed by atoms with E-state index in [4.69, 9.17) is 21.1 Å². The van der Waals surface area contributed by atoms with Crippen molar-refractivity contribution >= 4 is 33.3 Å². The molecule has 0 atom stereocenters. The Morgan fingerprint density at radius 1 is 1.14 bits per heavy atom. The van der Waals surface area contributed by atoms with Crippen molar-refractivity contribution in [3.63, 3.8) is 0 Å². The second-order valence-corrected chi connectivity index (χ2v) is 9.55. The predicted octanol–water partition coefficient (Wildman–Crippen LogP) is 4.53. The van der Waals surface area contributed by atoms with Crippen molar-refractivity contribution in [3.05, 3.63) is 89.5 Å². The van der Waals surface area contributed by atoms with Gasteiger partial charge < -0.3 is 9.47 Å². The van der Waals surface area contributed by atoms with Crippen LogP contribution >= 0.6 is 11.6 Å². The quantitative estimate of drug-likeness (QED) is 0.295. The van der Waals surface area contributed by atoms with Crippen LogP contribution in [0.5, 0.6) is 0 Å². The molecule has 0 aliphatic rings. The zero-order valence-corrected chi connectivity index (χ0v) is 21.2. The van der Waals surface area contributed by atoms with Crippen molar-refractivity contribution in [2.45, 2.75) is 13.3 Å². The van der Waals surface area contributed by atoms with Gasteiger partial charge in [0.2, 0.25) is 16.0 Å². The summed E-state index contributed by atoms with van der Waals surface area (Å²) >= 11 is 5.92. The number of hydrogen-bond acceptors (Lipinski definition) is 7. The average molecular weight is 516 g/mol. The molecule has 0 amide bonds. The first kappa shape index (κ1) is 26.0. The minimum absolute atomic E-state index is 0.0415. The van der Waals surface area contributed by atoms with Crippen LogP contribution in [0.15, 0.2) is 78.9 Å². The molecule has 2 aromatic heterocycles. The maximum Gasteiger partial charge on any atom is 0.243 e. The number of nitrogens with zero attached hydrogens (tertiary/aromatic N) is 4.